The number of rotatable bonds is 8. The highest BCUT2D eigenvalue weighted by molar-refractivity contribution is 6.06. The lowest BCUT2D eigenvalue weighted by Gasteiger charge is -2.35. The zero-order valence-corrected chi connectivity index (χ0v) is 20.6. The van der Waals surface area contributed by atoms with Gasteiger partial charge in [-0.05, 0) is 63.8 Å². The van der Waals surface area contributed by atoms with Gasteiger partial charge < -0.3 is 25.8 Å². The van der Waals surface area contributed by atoms with Crippen molar-refractivity contribution >= 4 is 28.6 Å². The first-order valence-electron chi connectivity index (χ1n) is 12.7. The van der Waals surface area contributed by atoms with Gasteiger partial charge in [0.15, 0.2) is 0 Å². The van der Waals surface area contributed by atoms with Gasteiger partial charge in [0.25, 0.3) is 5.91 Å². The van der Waals surface area contributed by atoms with E-state index in [1.54, 1.807) is 26.2 Å². The van der Waals surface area contributed by atoms with Crippen LogP contribution < -0.4 is 16.4 Å². The quantitative estimate of drug-likeness (QED) is 0.534. The average Bonchev–Trinajstić information content (AvgIpc) is 3.46. The van der Waals surface area contributed by atoms with Crippen molar-refractivity contribution in [2.45, 2.75) is 76.5 Å². The van der Waals surface area contributed by atoms with Gasteiger partial charge in [-0.2, -0.15) is 0 Å². The first-order chi connectivity index (χ1) is 16.8. The van der Waals surface area contributed by atoms with E-state index in [-0.39, 0.29) is 35.4 Å². The summed E-state index contributed by atoms with van der Waals surface area (Å²) < 4.78 is 15.8. The summed E-state index contributed by atoms with van der Waals surface area (Å²) in [6.07, 6.45) is 8.49. The number of fused-ring (bicyclic) bond motifs is 1. The zero-order chi connectivity index (χ0) is 25.1. The Balaban J connectivity index is 1.58. The van der Waals surface area contributed by atoms with E-state index in [0.29, 0.717) is 24.0 Å². The number of likely N-dealkylation sites (tertiary alicyclic amines) is 1. The lowest BCUT2D eigenvalue weighted by molar-refractivity contribution is -0.139. The molecule has 2 aromatic rings. The first-order valence-corrected chi connectivity index (χ1v) is 12.7. The van der Waals surface area contributed by atoms with Gasteiger partial charge in [0, 0.05) is 36.2 Å². The van der Waals surface area contributed by atoms with E-state index >= 15 is 0 Å². The fourth-order valence-corrected chi connectivity index (χ4v) is 5.60. The average molecular weight is 486 g/mol. The van der Waals surface area contributed by atoms with Crippen LogP contribution in [0.4, 0.5) is 4.39 Å². The Morgan fingerprint density at radius 2 is 1.89 bits per heavy atom. The molecule has 2 fully saturated rings. The molecule has 3 amide bonds. The minimum atomic E-state index is -0.613. The molecule has 190 valence electrons. The number of amides is 3. The lowest BCUT2D eigenvalue weighted by atomic mass is 9.83. The molecule has 3 unspecified atom stereocenters. The number of carbonyl (C=O) groups excluding carboxylic acids is 3. The Hall–Kier alpha value is -2.94. The van der Waals surface area contributed by atoms with Gasteiger partial charge >= 0.3 is 0 Å². The van der Waals surface area contributed by atoms with Crippen LogP contribution in [0.15, 0.2) is 24.4 Å². The topological polar surface area (TPSA) is 109 Å². The standard InChI is InChI=1S/C26H36FN5O3/c1-16(29-2)25(34)30-23(17-7-4-3-5-8-17)26(35)32-12-6-9-19(32)14-31-15-21(24(28)33)20-13-18(27)10-11-22(20)31/h10-11,13,15-17,19,23,29H,3-9,12,14H2,1-2H3,(H2,28,33)(H,30,34). The van der Waals surface area contributed by atoms with Gasteiger partial charge in [-0.15, -0.1) is 0 Å². The van der Waals surface area contributed by atoms with Crippen LogP contribution in [0.3, 0.4) is 0 Å². The Bertz CT molecular complexity index is 1090. The summed E-state index contributed by atoms with van der Waals surface area (Å²) in [6.45, 7) is 2.88. The monoisotopic (exact) mass is 485 g/mol. The number of likely N-dealkylation sites (N-methyl/N-ethyl adjacent to an activating group) is 1. The molecule has 1 aliphatic carbocycles. The minimum absolute atomic E-state index is 0.0336. The van der Waals surface area contributed by atoms with E-state index in [0.717, 1.165) is 44.9 Å². The maximum absolute atomic E-state index is 13.9. The van der Waals surface area contributed by atoms with Gasteiger partial charge in [-0.3, -0.25) is 14.4 Å². The molecule has 4 N–H and O–H groups in total. The third kappa shape index (κ3) is 5.34. The second-order valence-electron chi connectivity index (χ2n) is 9.94. The van der Waals surface area contributed by atoms with Gasteiger partial charge in [0.2, 0.25) is 11.8 Å². The molecule has 4 rings (SSSR count). The first kappa shape index (κ1) is 25.2. The zero-order valence-electron chi connectivity index (χ0n) is 20.6. The molecule has 3 atom stereocenters. The smallest absolute Gasteiger partial charge is 0.250 e. The molecule has 2 aliphatic rings. The van der Waals surface area contributed by atoms with Crippen molar-refractivity contribution in [2.75, 3.05) is 13.6 Å². The number of hydrogen-bond acceptors (Lipinski definition) is 4. The van der Waals surface area contributed by atoms with Crippen LogP contribution in [0.1, 0.15) is 62.2 Å². The van der Waals surface area contributed by atoms with Crippen molar-refractivity contribution in [2.24, 2.45) is 11.7 Å². The highest BCUT2D eigenvalue weighted by Gasteiger charge is 2.38. The molecule has 9 heteroatoms. The molecule has 1 saturated carbocycles. The molecule has 2 heterocycles. The molecule has 35 heavy (non-hydrogen) atoms. The van der Waals surface area contributed by atoms with Crippen molar-refractivity contribution < 1.29 is 18.8 Å². The van der Waals surface area contributed by atoms with Crippen LogP contribution in [0, 0.1) is 11.7 Å². The number of nitrogens with one attached hydrogen (secondary N) is 2. The number of carbonyl (C=O) groups is 3. The number of benzene rings is 1. The van der Waals surface area contributed by atoms with E-state index in [1.165, 1.54) is 12.1 Å². The Kier molecular flexibility index (Phi) is 7.74. The van der Waals surface area contributed by atoms with Crippen molar-refractivity contribution in [1.29, 1.82) is 0 Å². The molecule has 1 saturated heterocycles. The highest BCUT2D eigenvalue weighted by atomic mass is 19.1. The van der Waals surface area contributed by atoms with Gasteiger partial charge in [-0.1, -0.05) is 19.3 Å². The molecule has 1 aromatic carbocycles. The fraction of sp³-hybridized carbons (Fsp3) is 0.577. The third-order valence-electron chi connectivity index (χ3n) is 7.69. The number of aromatic nitrogens is 1. The van der Waals surface area contributed by atoms with E-state index < -0.39 is 17.8 Å². The largest absolute Gasteiger partial charge is 0.366 e. The summed E-state index contributed by atoms with van der Waals surface area (Å²) >= 11 is 0. The summed E-state index contributed by atoms with van der Waals surface area (Å²) in [5, 5.41) is 6.48. The van der Waals surface area contributed by atoms with Gasteiger partial charge in [0.05, 0.1) is 11.6 Å². The van der Waals surface area contributed by atoms with E-state index in [1.807, 2.05) is 9.47 Å². The SMILES string of the molecule is CNC(C)C(=O)NC(C(=O)N1CCCC1Cn1cc(C(N)=O)c2cc(F)ccc21)C1CCCCC1. The lowest BCUT2D eigenvalue weighted by Crippen LogP contribution is -2.56. The third-order valence-corrected chi connectivity index (χ3v) is 7.69. The maximum Gasteiger partial charge on any atom is 0.250 e. The van der Waals surface area contributed by atoms with Gasteiger partial charge in [-0.25, -0.2) is 4.39 Å². The number of primary amides is 1. The van der Waals surface area contributed by atoms with Gasteiger partial charge in [0.1, 0.15) is 11.9 Å². The number of halogens is 1. The van der Waals surface area contributed by atoms with Crippen LogP contribution in [0.25, 0.3) is 10.9 Å². The summed E-state index contributed by atoms with van der Waals surface area (Å²) in [5.41, 5.74) is 6.52. The maximum atomic E-state index is 13.9. The normalized spacial score (nSPS) is 20.7. The van der Waals surface area contributed by atoms with Crippen molar-refractivity contribution in [3.63, 3.8) is 0 Å². The molecule has 1 aliphatic heterocycles. The minimum Gasteiger partial charge on any atom is -0.366 e. The second kappa shape index (κ2) is 10.8. The Morgan fingerprint density at radius 1 is 1.14 bits per heavy atom. The van der Waals surface area contributed by atoms with Crippen LogP contribution in [-0.2, 0) is 16.1 Å². The van der Waals surface area contributed by atoms with Crippen LogP contribution in [0.5, 0.6) is 0 Å². The number of nitrogens with two attached hydrogens (primary N) is 1. The molecular formula is C26H36FN5O3. The molecular weight excluding hydrogens is 449 g/mol. The van der Waals surface area contributed by atoms with E-state index in [9.17, 15) is 18.8 Å². The summed E-state index contributed by atoms with van der Waals surface area (Å²) in [6, 6.07) is 3.30. The predicted molar refractivity (Wildman–Crippen MR) is 132 cm³/mol. The summed E-state index contributed by atoms with van der Waals surface area (Å²) in [5.74, 6) is -1.12. The molecule has 8 nitrogen and oxygen atoms in total. The highest BCUT2D eigenvalue weighted by Crippen LogP contribution is 2.31. The summed E-state index contributed by atoms with van der Waals surface area (Å²) in [4.78, 5) is 40.5. The Labute approximate surface area is 205 Å². The second-order valence-corrected chi connectivity index (χ2v) is 9.94. The molecule has 0 radical (unpaired) electrons. The van der Waals surface area contributed by atoms with E-state index in [4.69, 9.17) is 5.73 Å². The molecule has 0 spiro atoms. The van der Waals surface area contributed by atoms with Crippen LogP contribution >= 0.6 is 0 Å². The Morgan fingerprint density at radius 3 is 2.57 bits per heavy atom. The number of nitrogens with zero attached hydrogens (tertiary/aromatic N) is 2. The van der Waals surface area contributed by atoms with E-state index in [2.05, 4.69) is 10.6 Å². The van der Waals surface area contributed by atoms with Crippen molar-refractivity contribution in [1.82, 2.24) is 20.1 Å². The molecule has 0 bridgehead atoms. The van der Waals surface area contributed by atoms with Crippen molar-refractivity contribution in [3.05, 3.63) is 35.8 Å². The summed E-state index contributed by atoms with van der Waals surface area (Å²) in [7, 11) is 1.73. The van der Waals surface area contributed by atoms with Crippen molar-refractivity contribution in [3.8, 4) is 0 Å². The van der Waals surface area contributed by atoms with Crippen LogP contribution in [-0.4, -0.2) is 58.9 Å². The van der Waals surface area contributed by atoms with Crippen LogP contribution in [0.2, 0.25) is 0 Å². The molecule has 1 aromatic heterocycles. The predicted octanol–water partition coefficient (Wildman–Crippen LogP) is 2.54. The number of hydrogen-bond donors (Lipinski definition) is 3. The fourth-order valence-electron chi connectivity index (χ4n) is 5.60.